The van der Waals surface area contributed by atoms with Crippen LogP contribution >= 0.6 is 15.9 Å². The van der Waals surface area contributed by atoms with Gasteiger partial charge >= 0.3 is 12.0 Å². The van der Waals surface area contributed by atoms with E-state index in [1.807, 2.05) is 0 Å². The summed E-state index contributed by atoms with van der Waals surface area (Å²) in [6.45, 7) is 3.20. The van der Waals surface area contributed by atoms with Crippen LogP contribution < -0.4 is 4.74 Å². The number of methoxy groups -OCH3 is 1. The molecule has 0 bridgehead atoms. The van der Waals surface area contributed by atoms with Crippen LogP contribution in [0.4, 0.5) is 0 Å². The third-order valence-corrected chi connectivity index (χ3v) is 3.46. The highest BCUT2D eigenvalue weighted by Gasteiger charge is 2.19. The maximum Gasteiger partial charge on any atom is 0.361 e. The van der Waals surface area contributed by atoms with Crippen molar-refractivity contribution in [2.45, 2.75) is 13.5 Å². The molecule has 0 aliphatic heterocycles. The van der Waals surface area contributed by atoms with Gasteiger partial charge in [-0.15, -0.1) is 5.10 Å². The largest absolute Gasteiger partial charge is 0.461 e. The number of carbonyl (C=O) groups excluding carboxylic acids is 1. The van der Waals surface area contributed by atoms with E-state index in [4.69, 9.17) is 14.2 Å². The number of nitrogens with zero attached hydrogens (tertiary/aromatic N) is 5. The lowest BCUT2D eigenvalue weighted by atomic mass is 10.3. The number of aromatic nitrogens is 5. The topological polar surface area (TPSA) is 101 Å². The molecule has 0 unspecified atom stereocenters. The van der Waals surface area contributed by atoms with Crippen molar-refractivity contribution in [1.82, 2.24) is 25.0 Å². The summed E-state index contributed by atoms with van der Waals surface area (Å²) in [4.78, 5) is 19.9. The summed E-state index contributed by atoms with van der Waals surface area (Å²) >= 11 is 3.29. The highest BCUT2D eigenvalue weighted by Crippen LogP contribution is 2.16. The molecule has 2 rings (SSSR count). The minimum atomic E-state index is -0.524. The average molecular weight is 386 g/mol. The van der Waals surface area contributed by atoms with Gasteiger partial charge in [-0.05, 0) is 22.9 Å². The molecule has 0 radical (unpaired) electrons. The highest BCUT2D eigenvalue weighted by atomic mass is 79.9. The van der Waals surface area contributed by atoms with Crippen molar-refractivity contribution in [3.8, 4) is 6.01 Å². The van der Waals surface area contributed by atoms with E-state index < -0.39 is 5.97 Å². The van der Waals surface area contributed by atoms with Crippen LogP contribution in [0.5, 0.6) is 6.01 Å². The van der Waals surface area contributed by atoms with Gasteiger partial charge in [-0.1, -0.05) is 5.21 Å². The Morgan fingerprint density at radius 3 is 2.70 bits per heavy atom. The lowest BCUT2D eigenvalue weighted by Gasteiger charge is -2.05. The van der Waals surface area contributed by atoms with Gasteiger partial charge in [0.2, 0.25) is 5.69 Å². The smallest absolute Gasteiger partial charge is 0.361 e. The first kappa shape index (κ1) is 17.3. The Hall–Kier alpha value is -2.07. The summed E-state index contributed by atoms with van der Waals surface area (Å²) in [6, 6.07) is 0.274. The van der Waals surface area contributed by atoms with Crippen LogP contribution in [0, 0.1) is 0 Å². The summed E-state index contributed by atoms with van der Waals surface area (Å²) in [5.41, 5.74) is 0.914. The van der Waals surface area contributed by atoms with Crippen molar-refractivity contribution in [1.29, 1.82) is 0 Å². The number of hydrogen-bond acceptors (Lipinski definition) is 8. The molecule has 0 spiro atoms. The number of ether oxygens (including phenoxy) is 3. The van der Waals surface area contributed by atoms with E-state index in [2.05, 4.69) is 36.2 Å². The molecule has 2 aromatic rings. The normalized spacial score (nSPS) is 10.6. The standard InChI is InChI=1S/C13H16BrN5O4/c1-3-22-12(20)10-11(14)19(18-17-10)8-9-6-15-13(16-7-9)23-5-4-21-2/h6-7H,3-5,8H2,1-2H3. The molecule has 0 atom stereocenters. The fourth-order valence-electron chi connectivity index (χ4n) is 1.62. The fraction of sp³-hybridized carbons (Fsp3) is 0.462. The van der Waals surface area contributed by atoms with Gasteiger partial charge in [0.1, 0.15) is 11.2 Å². The second-order valence-electron chi connectivity index (χ2n) is 4.32. The first-order valence-electron chi connectivity index (χ1n) is 6.84. The van der Waals surface area contributed by atoms with E-state index in [1.165, 1.54) is 4.68 Å². The lowest BCUT2D eigenvalue weighted by Crippen LogP contribution is -2.08. The lowest BCUT2D eigenvalue weighted by molar-refractivity contribution is 0.0518. The van der Waals surface area contributed by atoms with E-state index >= 15 is 0 Å². The van der Waals surface area contributed by atoms with Gasteiger partial charge in [0, 0.05) is 25.1 Å². The fourth-order valence-corrected chi connectivity index (χ4v) is 2.05. The molecule has 0 fully saturated rings. The SMILES string of the molecule is CCOC(=O)c1nnn(Cc2cnc(OCCOC)nc2)c1Br. The number of hydrogen-bond donors (Lipinski definition) is 0. The predicted molar refractivity (Wildman–Crippen MR) is 82.2 cm³/mol. The minimum absolute atomic E-state index is 0.132. The molecule has 0 saturated carbocycles. The summed E-state index contributed by atoms with van der Waals surface area (Å²) in [7, 11) is 1.59. The molecular weight excluding hydrogens is 370 g/mol. The number of esters is 1. The number of rotatable bonds is 8. The van der Waals surface area contributed by atoms with Gasteiger partial charge in [0.15, 0.2) is 0 Å². The van der Waals surface area contributed by atoms with Crippen LogP contribution in [-0.2, 0) is 16.0 Å². The van der Waals surface area contributed by atoms with Crippen molar-refractivity contribution in [3.63, 3.8) is 0 Å². The maximum atomic E-state index is 11.7. The summed E-state index contributed by atoms with van der Waals surface area (Å²) in [5.74, 6) is -0.524. The van der Waals surface area contributed by atoms with Crippen molar-refractivity contribution in [2.75, 3.05) is 26.9 Å². The van der Waals surface area contributed by atoms with Crippen LogP contribution in [0.15, 0.2) is 17.0 Å². The van der Waals surface area contributed by atoms with Crippen molar-refractivity contribution >= 4 is 21.9 Å². The molecular formula is C13H16BrN5O4. The van der Waals surface area contributed by atoms with E-state index in [-0.39, 0.29) is 18.3 Å². The van der Waals surface area contributed by atoms with Crippen molar-refractivity contribution in [2.24, 2.45) is 0 Å². The zero-order valence-electron chi connectivity index (χ0n) is 12.7. The van der Waals surface area contributed by atoms with E-state index in [0.29, 0.717) is 24.4 Å². The van der Waals surface area contributed by atoms with Crippen LogP contribution in [0.1, 0.15) is 23.0 Å². The van der Waals surface area contributed by atoms with Crippen LogP contribution in [0.3, 0.4) is 0 Å². The minimum Gasteiger partial charge on any atom is -0.461 e. The van der Waals surface area contributed by atoms with Gasteiger partial charge in [0.05, 0.1) is 19.8 Å². The molecule has 0 aliphatic carbocycles. The van der Waals surface area contributed by atoms with Crippen molar-refractivity contribution < 1.29 is 19.0 Å². The van der Waals surface area contributed by atoms with E-state index in [1.54, 1.807) is 26.4 Å². The quantitative estimate of drug-likeness (QED) is 0.491. The predicted octanol–water partition coefficient (Wildman–Crippen LogP) is 1.08. The first-order valence-corrected chi connectivity index (χ1v) is 7.63. The second kappa shape index (κ2) is 8.53. The Labute approximate surface area is 141 Å². The average Bonchev–Trinajstić information content (AvgIpc) is 2.91. The van der Waals surface area contributed by atoms with Crippen LogP contribution in [0.25, 0.3) is 0 Å². The Bertz CT molecular complexity index is 646. The molecule has 0 amide bonds. The van der Waals surface area contributed by atoms with Gasteiger partial charge in [-0.2, -0.15) is 0 Å². The van der Waals surface area contributed by atoms with Gasteiger partial charge in [-0.25, -0.2) is 19.4 Å². The maximum absolute atomic E-state index is 11.7. The summed E-state index contributed by atoms with van der Waals surface area (Å²) in [5, 5.41) is 7.72. The number of halogens is 1. The molecule has 23 heavy (non-hydrogen) atoms. The summed E-state index contributed by atoms with van der Waals surface area (Å²) in [6.07, 6.45) is 3.24. The molecule has 0 aromatic carbocycles. The van der Waals surface area contributed by atoms with E-state index in [9.17, 15) is 4.79 Å². The van der Waals surface area contributed by atoms with Gasteiger partial charge < -0.3 is 14.2 Å². The Kier molecular flexibility index (Phi) is 6.41. The molecule has 0 saturated heterocycles. The Balaban J connectivity index is 2.01. The van der Waals surface area contributed by atoms with E-state index in [0.717, 1.165) is 5.56 Å². The monoisotopic (exact) mass is 385 g/mol. The molecule has 9 nitrogen and oxygen atoms in total. The zero-order valence-corrected chi connectivity index (χ0v) is 14.3. The molecule has 2 aromatic heterocycles. The Morgan fingerprint density at radius 1 is 1.30 bits per heavy atom. The molecule has 2 heterocycles. The van der Waals surface area contributed by atoms with Gasteiger partial charge in [-0.3, -0.25) is 0 Å². The third kappa shape index (κ3) is 4.70. The molecule has 124 valence electrons. The zero-order chi connectivity index (χ0) is 16.7. The van der Waals surface area contributed by atoms with Crippen LogP contribution in [0.2, 0.25) is 0 Å². The summed E-state index contributed by atoms with van der Waals surface area (Å²) < 4.78 is 17.0. The van der Waals surface area contributed by atoms with Gasteiger partial charge in [0.25, 0.3) is 0 Å². The van der Waals surface area contributed by atoms with Crippen LogP contribution in [-0.4, -0.2) is 57.9 Å². The Morgan fingerprint density at radius 2 is 2.04 bits per heavy atom. The second-order valence-corrected chi connectivity index (χ2v) is 5.07. The van der Waals surface area contributed by atoms with Crippen molar-refractivity contribution in [3.05, 3.63) is 28.3 Å². The molecule has 0 N–H and O–H groups in total. The first-order chi connectivity index (χ1) is 11.2. The molecule has 10 heteroatoms. The number of carbonyl (C=O) groups is 1. The highest BCUT2D eigenvalue weighted by molar-refractivity contribution is 9.10. The third-order valence-electron chi connectivity index (χ3n) is 2.68. The molecule has 0 aliphatic rings.